The Hall–Kier alpha value is -4.34. The maximum atomic E-state index is 9.03. The minimum Gasteiger partial charge on any atom is -0.490 e. The van der Waals surface area contributed by atoms with Crippen LogP contribution in [-0.4, -0.2) is 24.9 Å². The van der Waals surface area contributed by atoms with Gasteiger partial charge in [0.25, 0.3) is 0 Å². The number of ether oxygens (including phenoxy) is 2. The van der Waals surface area contributed by atoms with Gasteiger partial charge in [-0.2, -0.15) is 0 Å². The Kier molecular flexibility index (Phi) is 9.18. The van der Waals surface area contributed by atoms with Gasteiger partial charge in [-0.05, 0) is 77.8 Å². The molecule has 5 aromatic rings. The van der Waals surface area contributed by atoms with E-state index in [0.29, 0.717) is 13.2 Å². The van der Waals surface area contributed by atoms with E-state index in [1.54, 1.807) is 0 Å². The topological polar surface area (TPSA) is 38.7 Å². The minimum absolute atomic E-state index is 0.209. The number of aliphatic hydroxyl groups is 1. The second-order valence-corrected chi connectivity index (χ2v) is 10.5. The molecule has 0 atom stereocenters. The Bertz CT molecular complexity index is 1390. The molecule has 0 saturated heterocycles. The number of benzene rings is 5. The van der Waals surface area contributed by atoms with Gasteiger partial charge in [0.2, 0.25) is 0 Å². The summed E-state index contributed by atoms with van der Waals surface area (Å²) in [5.74, 6) is 1.73. The van der Waals surface area contributed by atoms with Crippen LogP contribution in [0, 0.1) is 13.8 Å². The van der Waals surface area contributed by atoms with Crippen LogP contribution < -0.4 is 9.47 Å². The summed E-state index contributed by atoms with van der Waals surface area (Å²) >= 11 is 0. The van der Waals surface area contributed by atoms with Crippen LogP contribution in [0.2, 0.25) is 0 Å². The normalized spacial score (nSPS) is 11.3. The Morgan fingerprint density at radius 3 is 1.49 bits per heavy atom. The smallest absolute Gasteiger partial charge is 0.125 e. The summed E-state index contributed by atoms with van der Waals surface area (Å²) in [6.45, 7) is 5.38. The summed E-state index contributed by atoms with van der Waals surface area (Å²) < 4.78 is 12.2. The van der Waals surface area contributed by atoms with Crippen LogP contribution in [0.15, 0.2) is 127 Å². The molecule has 0 heterocycles. The Morgan fingerprint density at radius 2 is 1.02 bits per heavy atom. The molecule has 0 bridgehead atoms. The summed E-state index contributed by atoms with van der Waals surface area (Å²) in [5, 5.41) is 9.03. The first-order valence-corrected chi connectivity index (χ1v) is 14.4. The fraction of sp³-hybridized carbons (Fsp3) is 0.211. The third kappa shape index (κ3) is 6.21. The standard InChI is InChI=1S/C38H38O3/c1-29-27-35(28-30(2)37(29)41-26-25-40-36-22-20-31(21-23-36)13-12-24-39)38(32-14-6-3-7-15-32,33-16-8-4-9-17-33)34-18-10-5-11-19-34/h3-11,14-23,27-28,39H,12-13,24-26H2,1-2H3. The van der Waals surface area contributed by atoms with Crippen LogP contribution in [0.3, 0.4) is 0 Å². The Balaban J connectivity index is 1.43. The zero-order valence-electron chi connectivity index (χ0n) is 23.9. The molecule has 41 heavy (non-hydrogen) atoms. The molecule has 0 fully saturated rings. The van der Waals surface area contributed by atoms with Crippen molar-refractivity contribution in [2.75, 3.05) is 19.8 Å². The lowest BCUT2D eigenvalue weighted by molar-refractivity contribution is 0.215. The molecule has 0 aliphatic heterocycles. The zero-order chi connectivity index (χ0) is 28.5. The van der Waals surface area contributed by atoms with Crippen LogP contribution >= 0.6 is 0 Å². The molecule has 0 unspecified atom stereocenters. The van der Waals surface area contributed by atoms with Crippen molar-refractivity contribution < 1.29 is 14.6 Å². The lowest BCUT2D eigenvalue weighted by Crippen LogP contribution is -2.31. The van der Waals surface area contributed by atoms with Gasteiger partial charge in [0.05, 0.1) is 5.41 Å². The highest BCUT2D eigenvalue weighted by molar-refractivity contribution is 5.62. The molecule has 3 heteroatoms. The van der Waals surface area contributed by atoms with E-state index in [1.165, 1.54) is 27.8 Å². The van der Waals surface area contributed by atoms with Crippen LogP contribution in [-0.2, 0) is 11.8 Å². The minimum atomic E-state index is -0.482. The number of aryl methyl sites for hydroxylation is 3. The van der Waals surface area contributed by atoms with E-state index in [9.17, 15) is 0 Å². The fourth-order valence-electron chi connectivity index (χ4n) is 5.80. The maximum absolute atomic E-state index is 9.03. The second-order valence-electron chi connectivity index (χ2n) is 10.5. The fourth-order valence-corrected chi connectivity index (χ4v) is 5.80. The van der Waals surface area contributed by atoms with Crippen molar-refractivity contribution in [1.29, 1.82) is 0 Å². The van der Waals surface area contributed by atoms with E-state index >= 15 is 0 Å². The SMILES string of the molecule is Cc1cc(C(c2ccccc2)(c2ccccc2)c2ccccc2)cc(C)c1OCCOc1ccc(CCCO)cc1. The third-order valence-electron chi connectivity index (χ3n) is 7.66. The molecule has 5 rings (SSSR count). The number of rotatable bonds is 12. The second kappa shape index (κ2) is 13.3. The van der Waals surface area contributed by atoms with Crippen molar-refractivity contribution in [3.8, 4) is 11.5 Å². The number of aliphatic hydroxyl groups excluding tert-OH is 1. The van der Waals surface area contributed by atoms with Gasteiger partial charge in [-0.15, -0.1) is 0 Å². The van der Waals surface area contributed by atoms with E-state index in [0.717, 1.165) is 35.5 Å². The molecule has 0 aliphatic carbocycles. The van der Waals surface area contributed by atoms with Crippen LogP contribution in [0.25, 0.3) is 0 Å². The molecule has 3 nitrogen and oxygen atoms in total. The van der Waals surface area contributed by atoms with Crippen molar-refractivity contribution in [2.24, 2.45) is 0 Å². The van der Waals surface area contributed by atoms with Gasteiger partial charge < -0.3 is 14.6 Å². The molecule has 0 amide bonds. The maximum Gasteiger partial charge on any atom is 0.125 e. The molecule has 0 aliphatic rings. The highest BCUT2D eigenvalue weighted by Gasteiger charge is 2.38. The van der Waals surface area contributed by atoms with E-state index in [2.05, 4.69) is 129 Å². The summed E-state index contributed by atoms with van der Waals surface area (Å²) in [6.07, 6.45) is 1.64. The Morgan fingerprint density at radius 1 is 0.561 bits per heavy atom. The van der Waals surface area contributed by atoms with Crippen LogP contribution in [0.1, 0.15) is 45.4 Å². The Labute approximate surface area is 244 Å². The van der Waals surface area contributed by atoms with Gasteiger partial charge in [-0.1, -0.05) is 115 Å². The highest BCUT2D eigenvalue weighted by Crippen LogP contribution is 2.46. The van der Waals surface area contributed by atoms with Crippen molar-refractivity contribution >= 4 is 0 Å². The monoisotopic (exact) mass is 542 g/mol. The van der Waals surface area contributed by atoms with Gasteiger partial charge in [-0.25, -0.2) is 0 Å². The quantitative estimate of drug-likeness (QED) is 0.128. The average Bonchev–Trinajstić information content (AvgIpc) is 3.02. The molecule has 208 valence electrons. The number of hydrogen-bond donors (Lipinski definition) is 1. The molecular formula is C38H38O3. The summed E-state index contributed by atoms with van der Waals surface area (Å²) in [7, 11) is 0. The third-order valence-corrected chi connectivity index (χ3v) is 7.66. The van der Waals surface area contributed by atoms with Crippen LogP contribution in [0.5, 0.6) is 11.5 Å². The summed E-state index contributed by atoms with van der Waals surface area (Å²) in [6, 6.07) is 44.9. The van der Waals surface area contributed by atoms with Crippen molar-refractivity contribution in [2.45, 2.75) is 32.1 Å². The molecule has 0 aromatic heterocycles. The van der Waals surface area contributed by atoms with E-state index < -0.39 is 5.41 Å². The average molecular weight is 543 g/mol. The first kappa shape index (κ1) is 28.2. The van der Waals surface area contributed by atoms with Crippen molar-refractivity contribution in [3.63, 3.8) is 0 Å². The molecule has 5 aromatic carbocycles. The molecular weight excluding hydrogens is 504 g/mol. The predicted octanol–water partition coefficient (Wildman–Crippen LogP) is 8.07. The lowest BCUT2D eigenvalue weighted by Gasteiger charge is -2.37. The summed E-state index contributed by atoms with van der Waals surface area (Å²) in [5.41, 5.74) is 7.79. The molecule has 0 saturated carbocycles. The van der Waals surface area contributed by atoms with Crippen molar-refractivity contribution in [3.05, 3.63) is 166 Å². The van der Waals surface area contributed by atoms with E-state index in [4.69, 9.17) is 14.6 Å². The van der Waals surface area contributed by atoms with Gasteiger partial charge in [0.1, 0.15) is 24.7 Å². The predicted molar refractivity (Wildman–Crippen MR) is 167 cm³/mol. The van der Waals surface area contributed by atoms with Gasteiger partial charge in [-0.3, -0.25) is 0 Å². The lowest BCUT2D eigenvalue weighted by atomic mass is 9.64. The molecule has 1 N–H and O–H groups in total. The summed E-state index contributed by atoms with van der Waals surface area (Å²) in [4.78, 5) is 0. The molecule has 0 radical (unpaired) electrons. The highest BCUT2D eigenvalue weighted by atomic mass is 16.5. The van der Waals surface area contributed by atoms with Gasteiger partial charge >= 0.3 is 0 Å². The van der Waals surface area contributed by atoms with Gasteiger partial charge in [0.15, 0.2) is 0 Å². The largest absolute Gasteiger partial charge is 0.490 e. The number of hydrogen-bond acceptors (Lipinski definition) is 3. The van der Waals surface area contributed by atoms with Crippen molar-refractivity contribution in [1.82, 2.24) is 0 Å². The van der Waals surface area contributed by atoms with Gasteiger partial charge in [0, 0.05) is 6.61 Å². The molecule has 0 spiro atoms. The van der Waals surface area contributed by atoms with E-state index in [1.807, 2.05) is 12.1 Å². The van der Waals surface area contributed by atoms with Crippen LogP contribution in [0.4, 0.5) is 0 Å². The van der Waals surface area contributed by atoms with E-state index in [-0.39, 0.29) is 6.61 Å². The first-order chi connectivity index (χ1) is 20.1. The first-order valence-electron chi connectivity index (χ1n) is 14.4. The zero-order valence-corrected chi connectivity index (χ0v) is 23.9.